The van der Waals surface area contributed by atoms with E-state index in [0.717, 1.165) is 13.8 Å². The molecular formula is C33H42O14. The average Bonchev–Trinajstić information content (AvgIpc) is 3.65. The van der Waals surface area contributed by atoms with Gasteiger partial charge in [-0.2, -0.15) is 0 Å². The van der Waals surface area contributed by atoms with Gasteiger partial charge in [0.15, 0.2) is 11.4 Å². The third-order valence-corrected chi connectivity index (χ3v) is 13.6. The molecule has 0 aromatic carbocycles. The zero-order valence-corrected chi connectivity index (χ0v) is 27.2. The summed E-state index contributed by atoms with van der Waals surface area (Å²) in [7, 11) is 0. The highest BCUT2D eigenvalue weighted by Gasteiger charge is 2.85. The Labute approximate surface area is 270 Å². The van der Waals surface area contributed by atoms with Gasteiger partial charge in [0.1, 0.15) is 36.0 Å². The molecule has 0 radical (unpaired) electrons. The van der Waals surface area contributed by atoms with Crippen LogP contribution in [0.1, 0.15) is 54.9 Å². The molecule has 0 spiro atoms. The van der Waals surface area contributed by atoms with Crippen molar-refractivity contribution >= 4 is 29.5 Å². The molecule has 6 fully saturated rings. The second kappa shape index (κ2) is 9.48. The van der Waals surface area contributed by atoms with E-state index in [9.17, 15) is 49.5 Å². The number of esters is 3. The zero-order valence-electron chi connectivity index (χ0n) is 27.2. The summed E-state index contributed by atoms with van der Waals surface area (Å²) in [5, 5.41) is 60.3. The molecule has 14 heteroatoms. The van der Waals surface area contributed by atoms with Gasteiger partial charge < -0.3 is 44.5 Å². The number of hydrogen-bond donors (Lipinski definition) is 5. The fourth-order valence-electron chi connectivity index (χ4n) is 11.9. The molecule has 0 aromatic heterocycles. The van der Waals surface area contributed by atoms with Gasteiger partial charge in [-0.05, 0) is 40.2 Å². The number of Topliss-reactive ketones (excluding diaryl/α,β-unsaturated/α-hetero) is 2. The van der Waals surface area contributed by atoms with Crippen molar-refractivity contribution in [3.63, 3.8) is 0 Å². The van der Waals surface area contributed by atoms with Crippen molar-refractivity contribution in [2.45, 2.75) is 109 Å². The van der Waals surface area contributed by atoms with E-state index in [1.54, 1.807) is 6.92 Å². The molecule has 4 saturated carbocycles. The molecule has 2 saturated heterocycles. The maximum atomic E-state index is 14.2. The Morgan fingerprint density at radius 2 is 1.53 bits per heavy atom. The van der Waals surface area contributed by atoms with Crippen LogP contribution in [0.3, 0.4) is 0 Å². The standard InChI is InChI=1S/C33H42O14/c1-10(34)33-13(8-14-23(46-14)26(33)40)20(37)21(38)16-17-22(39)19-25(29(4,42)9-15-31(19,6)32(7,43)28(41)47-15)30(17,5)27(45-12(3)36)24(18(16)33)44-11(2)35/h9,13-14,16-19,21-27,38-40,42-43H,8H2,1-7H3/t13-,14+,16+,17-,18-,19-,21-,22-,23+,24+,25-,26+,27+,29-,30+,31+,32?,33+/m1/s1. The number of carbonyl (C=O) groups is 5. The molecule has 14 nitrogen and oxygen atoms in total. The van der Waals surface area contributed by atoms with Crippen LogP contribution in [0.25, 0.3) is 0 Å². The number of carbonyl (C=O) groups excluding carboxylic acids is 5. The molecule has 47 heavy (non-hydrogen) atoms. The predicted molar refractivity (Wildman–Crippen MR) is 153 cm³/mol. The zero-order chi connectivity index (χ0) is 34.7. The minimum absolute atomic E-state index is 0.00353. The first-order valence-corrected chi connectivity index (χ1v) is 16.1. The number of ether oxygens (including phenoxy) is 4. The second-order valence-corrected chi connectivity index (χ2v) is 15.7. The summed E-state index contributed by atoms with van der Waals surface area (Å²) in [6.45, 7) is 9.14. The highest BCUT2D eigenvalue weighted by molar-refractivity contribution is 5.97. The topological polar surface area (TPSA) is 227 Å². The lowest BCUT2D eigenvalue weighted by molar-refractivity contribution is -0.272. The SMILES string of the molecule is CC(=O)O[C@H]1[C@H]2[C@H]([C@@H]3[C@@H](O)[C@@H]4[C@@H]([C@@]3(C)[C@H]1OC(C)=O)[C@](C)(O)C=C1OC(=O)C(C)(O)[C@@]14C)[C@@H](O)C(=O)[C@H]1C[C@@H]3O[C@@H]3[C@H](O)[C@]21C(C)=O. The molecule has 7 aliphatic rings. The number of rotatable bonds is 3. The predicted octanol–water partition coefficient (Wildman–Crippen LogP) is -1.04. The number of aliphatic hydroxyl groups is 5. The summed E-state index contributed by atoms with van der Waals surface area (Å²) in [5.74, 6) is -11.9. The number of aliphatic hydroxyl groups excluding tert-OH is 3. The normalized spacial score (nSPS) is 56.8. The Bertz CT molecular complexity index is 1530. The lowest BCUT2D eigenvalue weighted by Gasteiger charge is -2.65. The minimum Gasteiger partial charge on any atom is -0.458 e. The smallest absolute Gasteiger partial charge is 0.343 e. The summed E-state index contributed by atoms with van der Waals surface area (Å²) in [4.78, 5) is 67.1. The van der Waals surface area contributed by atoms with E-state index < -0.39 is 135 Å². The summed E-state index contributed by atoms with van der Waals surface area (Å²) in [6.07, 6.45) is -8.24. The van der Waals surface area contributed by atoms with Crippen molar-refractivity contribution in [2.24, 2.45) is 51.8 Å². The molecule has 7 rings (SSSR count). The van der Waals surface area contributed by atoms with Crippen molar-refractivity contribution in [1.29, 1.82) is 0 Å². The van der Waals surface area contributed by atoms with Gasteiger partial charge in [-0.1, -0.05) is 6.92 Å². The molecule has 2 aliphatic heterocycles. The van der Waals surface area contributed by atoms with Crippen molar-refractivity contribution in [3.8, 4) is 0 Å². The number of hydrogen-bond acceptors (Lipinski definition) is 14. The molecule has 18 atom stereocenters. The Morgan fingerprint density at radius 1 is 0.915 bits per heavy atom. The summed E-state index contributed by atoms with van der Waals surface area (Å²) in [6, 6.07) is 0. The van der Waals surface area contributed by atoms with Crippen molar-refractivity contribution in [1.82, 2.24) is 0 Å². The monoisotopic (exact) mass is 662 g/mol. The van der Waals surface area contributed by atoms with Gasteiger partial charge in [0.2, 0.25) is 0 Å². The lowest BCUT2D eigenvalue weighted by Crippen LogP contribution is -2.76. The molecular weight excluding hydrogens is 620 g/mol. The van der Waals surface area contributed by atoms with Crippen LogP contribution in [0.4, 0.5) is 0 Å². The Kier molecular flexibility index (Phi) is 6.61. The van der Waals surface area contributed by atoms with Crippen LogP contribution in [-0.4, -0.2) is 109 Å². The van der Waals surface area contributed by atoms with E-state index in [4.69, 9.17) is 18.9 Å². The Balaban J connectivity index is 1.54. The first kappa shape index (κ1) is 32.8. The summed E-state index contributed by atoms with van der Waals surface area (Å²) in [5.41, 5.74) is -9.47. The van der Waals surface area contributed by atoms with E-state index in [1.165, 1.54) is 33.8 Å². The molecule has 0 amide bonds. The third kappa shape index (κ3) is 3.59. The highest BCUT2D eigenvalue weighted by Crippen LogP contribution is 2.76. The van der Waals surface area contributed by atoms with Crippen molar-refractivity contribution in [3.05, 3.63) is 11.8 Å². The molecule has 2 heterocycles. The van der Waals surface area contributed by atoms with Crippen LogP contribution in [0.5, 0.6) is 0 Å². The lowest BCUT2D eigenvalue weighted by atomic mass is 9.39. The van der Waals surface area contributed by atoms with Crippen LogP contribution in [0.2, 0.25) is 0 Å². The third-order valence-electron chi connectivity index (χ3n) is 13.6. The summed E-state index contributed by atoms with van der Waals surface area (Å²) < 4.78 is 23.1. The summed E-state index contributed by atoms with van der Waals surface area (Å²) >= 11 is 0. The minimum atomic E-state index is -2.22. The Hall–Kier alpha value is -2.75. The van der Waals surface area contributed by atoms with E-state index in [-0.39, 0.29) is 12.2 Å². The molecule has 0 aromatic rings. The average molecular weight is 663 g/mol. The maximum Gasteiger partial charge on any atom is 0.343 e. The van der Waals surface area contributed by atoms with Gasteiger partial charge in [-0.15, -0.1) is 0 Å². The van der Waals surface area contributed by atoms with Gasteiger partial charge in [-0.3, -0.25) is 19.2 Å². The Morgan fingerprint density at radius 3 is 2.11 bits per heavy atom. The van der Waals surface area contributed by atoms with Crippen molar-refractivity contribution < 1.29 is 68.5 Å². The van der Waals surface area contributed by atoms with Crippen LogP contribution < -0.4 is 0 Å². The van der Waals surface area contributed by atoms with Gasteiger partial charge in [0.05, 0.1) is 34.7 Å². The van der Waals surface area contributed by atoms with Crippen LogP contribution >= 0.6 is 0 Å². The quantitative estimate of drug-likeness (QED) is 0.138. The van der Waals surface area contributed by atoms with Gasteiger partial charge >= 0.3 is 17.9 Å². The second-order valence-electron chi connectivity index (χ2n) is 15.7. The van der Waals surface area contributed by atoms with Gasteiger partial charge in [0, 0.05) is 54.8 Å². The largest absolute Gasteiger partial charge is 0.458 e. The number of epoxide rings is 1. The van der Waals surface area contributed by atoms with Gasteiger partial charge in [-0.25, -0.2) is 4.79 Å². The van der Waals surface area contributed by atoms with Crippen molar-refractivity contribution in [2.75, 3.05) is 0 Å². The first-order valence-electron chi connectivity index (χ1n) is 16.1. The molecule has 1 unspecified atom stereocenters. The molecule has 5 N–H and O–H groups in total. The van der Waals surface area contributed by atoms with E-state index >= 15 is 0 Å². The fourth-order valence-corrected chi connectivity index (χ4v) is 11.9. The highest BCUT2D eigenvalue weighted by atomic mass is 16.6. The van der Waals surface area contributed by atoms with E-state index in [2.05, 4.69) is 0 Å². The van der Waals surface area contributed by atoms with Gasteiger partial charge in [0.25, 0.3) is 0 Å². The van der Waals surface area contributed by atoms with Crippen LogP contribution in [-0.2, 0) is 42.9 Å². The van der Waals surface area contributed by atoms with Crippen LogP contribution in [0.15, 0.2) is 11.8 Å². The van der Waals surface area contributed by atoms with E-state index in [1.807, 2.05) is 0 Å². The number of fused-ring (bicyclic) bond motifs is 10. The molecule has 5 aliphatic carbocycles. The first-order chi connectivity index (χ1) is 21.6. The fraction of sp³-hybridized carbons (Fsp3) is 0.788. The number of ketones is 2. The molecule has 258 valence electrons. The van der Waals surface area contributed by atoms with Crippen LogP contribution in [0, 0.1) is 51.8 Å². The maximum absolute atomic E-state index is 14.2. The van der Waals surface area contributed by atoms with E-state index in [0.29, 0.717) is 0 Å². The molecule has 0 bridgehead atoms.